The minimum atomic E-state index is -1.28. The normalized spacial score (nSPS) is 9.96. The van der Waals surface area contributed by atoms with Crippen molar-refractivity contribution in [1.82, 2.24) is 20.5 Å². The largest absolute Gasteiger partial charge is 0.322 e. The van der Waals surface area contributed by atoms with Crippen molar-refractivity contribution in [1.29, 1.82) is 0 Å². The van der Waals surface area contributed by atoms with E-state index >= 15 is 0 Å². The molecule has 0 fully saturated rings. The molecule has 0 spiro atoms. The smallest absolute Gasteiger partial charge is 0.318 e. The van der Waals surface area contributed by atoms with Crippen molar-refractivity contribution in [2.24, 2.45) is 0 Å². The van der Waals surface area contributed by atoms with Crippen LogP contribution in [0.4, 0.5) is 11.4 Å². The van der Waals surface area contributed by atoms with Gasteiger partial charge in [0.1, 0.15) is 5.69 Å². The molecule has 3 amide bonds. The number of aryl methyl sites for hydroxylation is 1. The van der Waals surface area contributed by atoms with E-state index in [1.165, 1.54) is 31.5 Å². The van der Waals surface area contributed by atoms with Crippen molar-refractivity contribution >= 4 is 29.1 Å². The lowest BCUT2D eigenvalue weighted by atomic mass is 10.3. The Morgan fingerprint density at radius 1 is 1.22 bits per heavy atom. The van der Waals surface area contributed by atoms with Crippen LogP contribution >= 0.6 is 0 Å². The second-order valence-electron chi connectivity index (χ2n) is 4.28. The molecule has 0 saturated carbocycles. The lowest BCUT2D eigenvalue weighted by molar-refractivity contribution is -0.385. The summed E-state index contributed by atoms with van der Waals surface area (Å²) in [4.78, 5) is 48.9. The molecule has 2 heterocycles. The van der Waals surface area contributed by atoms with Crippen molar-refractivity contribution in [2.45, 2.75) is 6.92 Å². The molecule has 2 rings (SSSR count). The molecular weight excluding hydrogens is 308 g/mol. The van der Waals surface area contributed by atoms with E-state index < -0.39 is 34.0 Å². The first-order valence-corrected chi connectivity index (χ1v) is 6.16. The maximum absolute atomic E-state index is 11.8. The van der Waals surface area contributed by atoms with Crippen LogP contribution in [0.3, 0.4) is 0 Å². The number of rotatable bonds is 3. The summed E-state index contributed by atoms with van der Waals surface area (Å²) in [5.74, 6) is -3.54. The summed E-state index contributed by atoms with van der Waals surface area (Å²) in [5.41, 5.74) is -0.801. The molecule has 0 aliphatic carbocycles. The number of aromatic amines is 1. The number of hydrogen-bond acceptors (Lipinski definition) is 7. The minimum absolute atomic E-state index is 0.0498. The van der Waals surface area contributed by atoms with E-state index in [9.17, 15) is 24.5 Å². The van der Waals surface area contributed by atoms with Crippen LogP contribution in [0.25, 0.3) is 0 Å². The standard InChI is InChI=1S/C12H10N6O5/c1-6-9(18(22)23)8(17-16-6)10(19)15-12(21)11(20)14-7-2-4-13-5-3-7/h2-5H,1H3,(H,16,17)(H,13,14,20)(H,15,19,21). The first kappa shape index (κ1) is 15.8. The topological polar surface area (TPSA) is 160 Å². The molecule has 11 nitrogen and oxygen atoms in total. The van der Waals surface area contributed by atoms with Crippen LogP contribution < -0.4 is 10.6 Å². The minimum Gasteiger partial charge on any atom is -0.318 e. The molecule has 23 heavy (non-hydrogen) atoms. The fraction of sp³-hybridized carbons (Fsp3) is 0.0833. The summed E-state index contributed by atoms with van der Waals surface area (Å²) in [7, 11) is 0. The van der Waals surface area contributed by atoms with Gasteiger partial charge in [0.05, 0.1) is 4.92 Å². The lowest BCUT2D eigenvalue weighted by Gasteiger charge is -2.04. The summed E-state index contributed by atoms with van der Waals surface area (Å²) in [6, 6.07) is 2.88. The Morgan fingerprint density at radius 3 is 2.48 bits per heavy atom. The van der Waals surface area contributed by atoms with Gasteiger partial charge in [-0.05, 0) is 19.1 Å². The van der Waals surface area contributed by atoms with Crippen LogP contribution in [0.5, 0.6) is 0 Å². The summed E-state index contributed by atoms with van der Waals surface area (Å²) < 4.78 is 0. The Kier molecular flexibility index (Phi) is 4.40. The number of carbonyl (C=O) groups excluding carboxylic acids is 3. The highest BCUT2D eigenvalue weighted by Gasteiger charge is 2.29. The van der Waals surface area contributed by atoms with Crippen LogP contribution in [-0.2, 0) is 9.59 Å². The van der Waals surface area contributed by atoms with Gasteiger partial charge in [-0.3, -0.25) is 39.9 Å². The summed E-state index contributed by atoms with van der Waals surface area (Å²) >= 11 is 0. The lowest BCUT2D eigenvalue weighted by Crippen LogP contribution is -2.39. The Bertz CT molecular complexity index is 784. The molecule has 0 atom stereocenters. The van der Waals surface area contributed by atoms with E-state index in [4.69, 9.17) is 0 Å². The number of nitrogens with one attached hydrogen (secondary N) is 3. The number of carbonyl (C=O) groups is 3. The molecule has 0 aromatic carbocycles. The number of H-pyrrole nitrogens is 1. The fourth-order valence-electron chi connectivity index (χ4n) is 1.65. The molecule has 11 heteroatoms. The van der Waals surface area contributed by atoms with Crippen LogP contribution in [-0.4, -0.2) is 37.8 Å². The van der Waals surface area contributed by atoms with Gasteiger partial charge in [-0.1, -0.05) is 0 Å². The summed E-state index contributed by atoms with van der Waals surface area (Å²) in [6.07, 6.45) is 2.79. The van der Waals surface area contributed by atoms with Gasteiger partial charge in [0.25, 0.3) is 5.91 Å². The molecule has 0 radical (unpaired) electrons. The van der Waals surface area contributed by atoms with Gasteiger partial charge in [0.2, 0.25) is 5.69 Å². The predicted octanol–water partition coefficient (Wildman–Crippen LogP) is -0.0836. The number of pyridine rings is 1. The van der Waals surface area contributed by atoms with E-state index in [0.717, 1.165) is 0 Å². The van der Waals surface area contributed by atoms with Crippen LogP contribution in [0, 0.1) is 17.0 Å². The quantitative estimate of drug-likeness (QED) is 0.405. The fourth-order valence-corrected chi connectivity index (χ4v) is 1.65. The Morgan fingerprint density at radius 2 is 1.87 bits per heavy atom. The van der Waals surface area contributed by atoms with E-state index in [2.05, 4.69) is 20.5 Å². The summed E-state index contributed by atoms with van der Waals surface area (Å²) in [5, 5.41) is 20.6. The number of imide groups is 1. The number of nitro groups is 1. The monoisotopic (exact) mass is 318 g/mol. The second-order valence-corrected chi connectivity index (χ2v) is 4.28. The van der Waals surface area contributed by atoms with Gasteiger partial charge in [-0.15, -0.1) is 0 Å². The molecule has 0 aliphatic rings. The van der Waals surface area contributed by atoms with Gasteiger partial charge in [-0.25, -0.2) is 0 Å². The van der Waals surface area contributed by atoms with E-state index in [-0.39, 0.29) is 5.69 Å². The van der Waals surface area contributed by atoms with Crippen LogP contribution in [0.15, 0.2) is 24.5 Å². The summed E-state index contributed by atoms with van der Waals surface area (Å²) in [6.45, 7) is 1.35. The molecule has 2 aromatic rings. The maximum Gasteiger partial charge on any atom is 0.322 e. The van der Waals surface area contributed by atoms with Gasteiger partial charge >= 0.3 is 17.5 Å². The first-order chi connectivity index (χ1) is 10.9. The van der Waals surface area contributed by atoms with E-state index in [1.54, 1.807) is 5.32 Å². The Hall–Kier alpha value is -3.63. The van der Waals surface area contributed by atoms with Crippen molar-refractivity contribution in [3.05, 3.63) is 46.0 Å². The van der Waals surface area contributed by atoms with Crippen LogP contribution in [0.2, 0.25) is 0 Å². The zero-order chi connectivity index (χ0) is 17.0. The molecule has 0 saturated heterocycles. The van der Waals surface area contributed by atoms with Crippen molar-refractivity contribution < 1.29 is 19.3 Å². The Labute approximate surface area is 128 Å². The number of anilines is 1. The predicted molar refractivity (Wildman–Crippen MR) is 75.3 cm³/mol. The second kappa shape index (κ2) is 6.43. The molecule has 0 bridgehead atoms. The van der Waals surface area contributed by atoms with Crippen molar-refractivity contribution in [3.63, 3.8) is 0 Å². The third-order valence-corrected chi connectivity index (χ3v) is 2.68. The first-order valence-electron chi connectivity index (χ1n) is 6.16. The molecule has 0 aliphatic heterocycles. The molecule has 3 N–H and O–H groups in total. The van der Waals surface area contributed by atoms with Crippen molar-refractivity contribution in [3.8, 4) is 0 Å². The van der Waals surface area contributed by atoms with Crippen LogP contribution in [0.1, 0.15) is 16.2 Å². The van der Waals surface area contributed by atoms with Gasteiger partial charge < -0.3 is 5.32 Å². The SMILES string of the molecule is Cc1[nH]nc(C(=O)NC(=O)C(=O)Nc2ccncc2)c1[N+](=O)[O-]. The van der Waals surface area contributed by atoms with E-state index in [1.807, 2.05) is 0 Å². The van der Waals surface area contributed by atoms with E-state index in [0.29, 0.717) is 5.69 Å². The highest BCUT2D eigenvalue weighted by atomic mass is 16.6. The third kappa shape index (κ3) is 3.53. The number of aromatic nitrogens is 3. The zero-order valence-electron chi connectivity index (χ0n) is 11.7. The van der Waals surface area contributed by atoms with Gasteiger partial charge in [0.15, 0.2) is 0 Å². The molecule has 0 unspecified atom stereocenters. The zero-order valence-corrected chi connectivity index (χ0v) is 11.7. The molecule has 118 valence electrons. The number of amides is 3. The number of nitrogens with zero attached hydrogens (tertiary/aromatic N) is 3. The maximum atomic E-state index is 11.8. The van der Waals surface area contributed by atoms with Gasteiger partial charge in [0, 0.05) is 18.1 Å². The average Bonchev–Trinajstić information content (AvgIpc) is 2.90. The average molecular weight is 318 g/mol. The molecular formula is C12H10N6O5. The third-order valence-electron chi connectivity index (χ3n) is 2.68. The number of hydrogen-bond donors (Lipinski definition) is 3. The van der Waals surface area contributed by atoms with Gasteiger partial charge in [-0.2, -0.15) is 5.10 Å². The highest BCUT2D eigenvalue weighted by Crippen LogP contribution is 2.19. The molecule has 2 aromatic heterocycles. The van der Waals surface area contributed by atoms with Crippen molar-refractivity contribution in [2.75, 3.05) is 5.32 Å². The highest BCUT2D eigenvalue weighted by molar-refractivity contribution is 6.42. The Balaban J connectivity index is 2.07.